The van der Waals surface area contributed by atoms with Crippen molar-refractivity contribution in [3.8, 4) is 29.0 Å². The third kappa shape index (κ3) is 5.44. The molecule has 3 nitrogen and oxygen atoms in total. The quantitative estimate of drug-likeness (QED) is 0.506. The van der Waals surface area contributed by atoms with E-state index in [0.717, 1.165) is 52.3 Å². The molecule has 3 heteroatoms. The minimum absolute atomic E-state index is 0.0910. The largest absolute Gasteiger partial charge is 0.301 e. The summed E-state index contributed by atoms with van der Waals surface area (Å²) in [4.78, 5) is 11.7. The first kappa shape index (κ1) is 24.5. The second kappa shape index (κ2) is 10.2. The Morgan fingerprint density at radius 1 is 1.15 bits per heavy atom. The Hall–Kier alpha value is -3.14. The van der Waals surface area contributed by atoms with E-state index in [4.69, 9.17) is 0 Å². The highest BCUT2D eigenvalue weighted by molar-refractivity contribution is 6.06. The van der Waals surface area contributed by atoms with Gasteiger partial charge in [-0.1, -0.05) is 75.6 Å². The Morgan fingerprint density at radius 2 is 1.82 bits per heavy atom. The number of nitriles is 1. The van der Waals surface area contributed by atoms with Gasteiger partial charge in [0.2, 0.25) is 0 Å². The van der Waals surface area contributed by atoms with Crippen LogP contribution in [-0.2, 0) is 10.2 Å². The SMILES string of the molecule is [CH2][C@@H](CC)CN[C@H](C#N)C(C)(C)c1ccc(-c2ccc([C]3C=C3C(C)=O)c(C#CC)c2)cc1. The van der Waals surface area contributed by atoms with Crippen molar-refractivity contribution in [3.05, 3.63) is 83.6 Å². The van der Waals surface area contributed by atoms with Crippen LogP contribution < -0.4 is 5.32 Å². The Labute approximate surface area is 198 Å². The van der Waals surface area contributed by atoms with Crippen molar-refractivity contribution < 1.29 is 4.79 Å². The van der Waals surface area contributed by atoms with Crippen LogP contribution in [0.15, 0.2) is 54.1 Å². The standard InChI is InChI=1S/C30H32N2O/c1-7-9-24-16-23(12-15-26(24)28-17-27(28)21(4)33)22-10-13-25(14-11-22)30(5,6)29(18-31)32-19-20(3)8-2/h10-17,20,29,32H,3,8,19H2,1-2,4-6H3/t20-,29+/m0/s1. The van der Waals surface area contributed by atoms with Crippen molar-refractivity contribution >= 4 is 5.78 Å². The van der Waals surface area contributed by atoms with Crippen LogP contribution in [-0.4, -0.2) is 18.4 Å². The fraction of sp³-hybridized carbons (Fsp3) is 0.333. The van der Waals surface area contributed by atoms with Gasteiger partial charge in [-0.2, -0.15) is 5.26 Å². The van der Waals surface area contributed by atoms with Crippen molar-refractivity contribution in [1.29, 1.82) is 5.26 Å². The van der Waals surface area contributed by atoms with Gasteiger partial charge in [-0.15, -0.1) is 5.92 Å². The molecule has 2 atom stereocenters. The summed E-state index contributed by atoms with van der Waals surface area (Å²) in [6.45, 7) is 14.6. The van der Waals surface area contributed by atoms with E-state index in [2.05, 4.69) is 87.3 Å². The summed E-state index contributed by atoms with van der Waals surface area (Å²) in [7, 11) is 0. The smallest absolute Gasteiger partial charge is 0.156 e. The van der Waals surface area contributed by atoms with E-state index in [1.54, 1.807) is 6.92 Å². The second-order valence-corrected chi connectivity index (χ2v) is 9.21. The van der Waals surface area contributed by atoms with E-state index in [1.165, 1.54) is 0 Å². The van der Waals surface area contributed by atoms with Gasteiger partial charge in [0.15, 0.2) is 5.78 Å². The van der Waals surface area contributed by atoms with E-state index in [0.29, 0.717) is 0 Å². The zero-order chi connectivity index (χ0) is 24.2. The number of carbonyl (C=O) groups excluding carboxylic acids is 1. The van der Waals surface area contributed by atoms with Crippen molar-refractivity contribution in [1.82, 2.24) is 5.32 Å². The second-order valence-electron chi connectivity index (χ2n) is 9.21. The van der Waals surface area contributed by atoms with Crippen molar-refractivity contribution in [2.75, 3.05) is 6.54 Å². The van der Waals surface area contributed by atoms with Crippen LogP contribution in [0.2, 0.25) is 0 Å². The van der Waals surface area contributed by atoms with Crippen molar-refractivity contribution in [2.45, 2.75) is 52.5 Å². The Morgan fingerprint density at radius 3 is 2.36 bits per heavy atom. The van der Waals surface area contributed by atoms with Gasteiger partial charge < -0.3 is 5.32 Å². The molecular weight excluding hydrogens is 404 g/mol. The molecule has 0 amide bonds. The molecule has 2 radical (unpaired) electrons. The van der Waals surface area contributed by atoms with Crippen LogP contribution in [0.4, 0.5) is 0 Å². The fourth-order valence-corrected chi connectivity index (χ4v) is 3.97. The number of Topliss-reactive ketones (excluding diaryl/α,β-unsaturated/α-hetero) is 1. The van der Waals surface area contributed by atoms with E-state index in [-0.39, 0.29) is 23.2 Å². The predicted octanol–water partition coefficient (Wildman–Crippen LogP) is 5.80. The molecule has 0 aliphatic heterocycles. The summed E-state index contributed by atoms with van der Waals surface area (Å²) in [6, 6.07) is 16.8. The molecule has 0 unspecified atom stereocenters. The van der Waals surface area contributed by atoms with Gasteiger partial charge in [-0.25, -0.2) is 0 Å². The van der Waals surface area contributed by atoms with Crippen LogP contribution >= 0.6 is 0 Å². The molecule has 0 saturated carbocycles. The first-order valence-corrected chi connectivity index (χ1v) is 11.5. The third-order valence-corrected chi connectivity index (χ3v) is 6.45. The van der Waals surface area contributed by atoms with Crippen LogP contribution in [0.1, 0.15) is 57.7 Å². The van der Waals surface area contributed by atoms with Gasteiger partial charge in [0.1, 0.15) is 6.04 Å². The van der Waals surface area contributed by atoms with Crippen LogP contribution in [0.5, 0.6) is 0 Å². The van der Waals surface area contributed by atoms with Gasteiger partial charge in [-0.05, 0) is 61.6 Å². The lowest BCUT2D eigenvalue weighted by Gasteiger charge is -2.32. The minimum Gasteiger partial charge on any atom is -0.301 e. The molecule has 33 heavy (non-hydrogen) atoms. The molecule has 0 saturated heterocycles. The summed E-state index contributed by atoms with van der Waals surface area (Å²) < 4.78 is 0. The number of carbonyl (C=O) groups is 1. The third-order valence-electron chi connectivity index (χ3n) is 6.45. The van der Waals surface area contributed by atoms with E-state index in [9.17, 15) is 10.1 Å². The number of ketones is 1. The summed E-state index contributed by atoms with van der Waals surface area (Å²) in [5.74, 6) is 7.55. The summed E-state index contributed by atoms with van der Waals surface area (Å²) in [5, 5.41) is 13.2. The van der Waals surface area contributed by atoms with E-state index in [1.807, 2.05) is 19.1 Å². The summed E-state index contributed by atoms with van der Waals surface area (Å²) in [5.41, 5.74) is 5.65. The van der Waals surface area contributed by atoms with E-state index < -0.39 is 0 Å². The first-order chi connectivity index (χ1) is 15.7. The van der Waals surface area contributed by atoms with E-state index >= 15 is 0 Å². The van der Waals surface area contributed by atoms with Crippen LogP contribution in [0.25, 0.3) is 11.1 Å². The highest BCUT2D eigenvalue weighted by atomic mass is 16.1. The molecular formula is C30H32N2O. The van der Waals surface area contributed by atoms with Crippen LogP contribution in [0.3, 0.4) is 0 Å². The molecule has 0 bridgehead atoms. The molecule has 2 aromatic rings. The van der Waals surface area contributed by atoms with Gasteiger partial charge in [-0.3, -0.25) is 4.79 Å². The van der Waals surface area contributed by atoms with Crippen molar-refractivity contribution in [2.24, 2.45) is 5.92 Å². The fourth-order valence-electron chi connectivity index (χ4n) is 3.97. The number of benzene rings is 2. The highest BCUT2D eigenvalue weighted by Crippen LogP contribution is 2.41. The molecule has 1 aliphatic carbocycles. The lowest BCUT2D eigenvalue weighted by atomic mass is 9.77. The van der Waals surface area contributed by atoms with Gasteiger partial charge in [0, 0.05) is 16.6 Å². The average Bonchev–Trinajstić information content (AvgIpc) is 3.60. The maximum absolute atomic E-state index is 11.7. The Bertz CT molecular complexity index is 1150. The number of rotatable bonds is 9. The minimum atomic E-state index is -0.346. The number of allylic oxidation sites excluding steroid dienone is 2. The van der Waals surface area contributed by atoms with Crippen molar-refractivity contribution in [3.63, 3.8) is 0 Å². The number of nitrogens with zero attached hydrogens (tertiary/aromatic N) is 1. The predicted molar refractivity (Wildman–Crippen MR) is 135 cm³/mol. The lowest BCUT2D eigenvalue weighted by Crippen LogP contribution is -2.45. The zero-order valence-corrected chi connectivity index (χ0v) is 20.3. The molecule has 1 N–H and O–H groups in total. The normalized spacial score (nSPS) is 15.0. The maximum Gasteiger partial charge on any atom is 0.156 e. The Kier molecular flexibility index (Phi) is 7.57. The topological polar surface area (TPSA) is 52.9 Å². The molecule has 0 aromatic heterocycles. The molecule has 168 valence electrons. The molecule has 2 aromatic carbocycles. The van der Waals surface area contributed by atoms with Crippen LogP contribution in [0, 0.1) is 41.9 Å². The number of hydrogen-bond donors (Lipinski definition) is 1. The molecule has 0 spiro atoms. The molecule has 0 heterocycles. The zero-order valence-electron chi connectivity index (χ0n) is 20.3. The molecule has 0 fully saturated rings. The maximum atomic E-state index is 11.7. The first-order valence-electron chi connectivity index (χ1n) is 11.5. The molecule has 1 aliphatic rings. The number of hydrogen-bond acceptors (Lipinski definition) is 3. The lowest BCUT2D eigenvalue weighted by molar-refractivity contribution is -0.113. The average molecular weight is 437 g/mol. The van der Waals surface area contributed by atoms with Gasteiger partial charge in [0.05, 0.1) is 12.0 Å². The Balaban J connectivity index is 1.83. The monoisotopic (exact) mass is 436 g/mol. The van der Waals surface area contributed by atoms with Gasteiger partial charge in [0.25, 0.3) is 0 Å². The number of nitrogens with one attached hydrogen (secondary N) is 1. The summed E-state index contributed by atoms with van der Waals surface area (Å²) in [6.07, 6.45) is 2.90. The van der Waals surface area contributed by atoms with Gasteiger partial charge >= 0.3 is 0 Å². The summed E-state index contributed by atoms with van der Waals surface area (Å²) >= 11 is 0. The molecule has 3 rings (SSSR count). The highest BCUT2D eigenvalue weighted by Gasteiger charge is 2.33.